The first-order valence-corrected chi connectivity index (χ1v) is 23.4. The predicted octanol–water partition coefficient (Wildman–Crippen LogP) is 4.52. The molecule has 2 aliphatic heterocycles. The molecule has 3 amide bonds. The van der Waals surface area contributed by atoms with E-state index in [1.54, 1.807) is 29.7 Å². The number of piperazine rings is 2. The molecule has 2 aliphatic rings. The molecule has 4 heterocycles. The fourth-order valence-corrected chi connectivity index (χ4v) is 8.55. The number of imidazole rings is 2. The highest BCUT2D eigenvalue weighted by atomic mass is 16.2. The Morgan fingerprint density at radius 2 is 1.10 bits per heavy atom. The lowest BCUT2D eigenvalue weighted by Gasteiger charge is -2.40. The summed E-state index contributed by atoms with van der Waals surface area (Å²) in [6.07, 6.45) is 8.96. The zero-order valence-corrected chi connectivity index (χ0v) is 38.7. The molecule has 0 radical (unpaired) electrons. The highest BCUT2D eigenvalue weighted by Gasteiger charge is 2.34. The maximum atomic E-state index is 13.2. The van der Waals surface area contributed by atoms with Gasteiger partial charge in [-0.1, -0.05) is 91.9 Å². The van der Waals surface area contributed by atoms with Crippen molar-refractivity contribution in [2.24, 2.45) is 0 Å². The Kier molecular flexibility index (Phi) is 17.8. The van der Waals surface area contributed by atoms with E-state index in [4.69, 9.17) is 10.5 Å². The van der Waals surface area contributed by atoms with Crippen molar-refractivity contribution < 1.29 is 14.4 Å². The van der Waals surface area contributed by atoms with Gasteiger partial charge >= 0.3 is 0 Å². The van der Waals surface area contributed by atoms with Crippen molar-refractivity contribution in [1.29, 1.82) is 10.5 Å². The molecule has 0 spiro atoms. The largest absolute Gasteiger partial charge is 0.354 e. The van der Waals surface area contributed by atoms with Crippen molar-refractivity contribution in [2.45, 2.75) is 64.4 Å². The second kappa shape index (κ2) is 24.9. The van der Waals surface area contributed by atoms with Crippen LogP contribution in [0.15, 0.2) is 134 Å². The Balaban J connectivity index is 0.000000203. The van der Waals surface area contributed by atoms with Gasteiger partial charge in [0, 0.05) is 122 Å². The summed E-state index contributed by atoms with van der Waals surface area (Å²) in [4.78, 5) is 53.3. The number of nitrogens with one attached hydrogen (secondary N) is 3. The molecular weight excluding hydrogens is 853 g/mol. The number of nitriles is 2. The minimum atomic E-state index is -0.501. The summed E-state index contributed by atoms with van der Waals surface area (Å²) in [7, 11) is 0. The third-order valence-corrected chi connectivity index (χ3v) is 12.3. The van der Waals surface area contributed by atoms with Gasteiger partial charge in [-0.15, -0.1) is 0 Å². The third-order valence-electron chi connectivity index (χ3n) is 12.3. The van der Waals surface area contributed by atoms with Gasteiger partial charge < -0.3 is 30.0 Å². The van der Waals surface area contributed by atoms with E-state index in [1.807, 2.05) is 96.7 Å². The van der Waals surface area contributed by atoms with Crippen LogP contribution in [-0.2, 0) is 53.4 Å². The maximum Gasteiger partial charge on any atom is 0.244 e. The van der Waals surface area contributed by atoms with Gasteiger partial charge in [-0.2, -0.15) is 10.5 Å². The van der Waals surface area contributed by atoms with Crippen molar-refractivity contribution in [2.75, 3.05) is 52.4 Å². The Bertz CT molecular complexity index is 2620. The molecule has 350 valence electrons. The van der Waals surface area contributed by atoms with E-state index >= 15 is 0 Å². The topological polar surface area (TPSA) is 180 Å². The number of hydrogen-bond acceptors (Lipinski definition) is 10. The highest BCUT2D eigenvalue weighted by molar-refractivity contribution is 5.88. The minimum Gasteiger partial charge on any atom is -0.354 e. The molecule has 0 bridgehead atoms. The summed E-state index contributed by atoms with van der Waals surface area (Å²) in [5.74, 6) is -0.0661. The molecule has 0 unspecified atom stereocenters. The molecule has 8 rings (SSSR count). The predicted molar refractivity (Wildman–Crippen MR) is 259 cm³/mol. The van der Waals surface area contributed by atoms with Gasteiger partial charge in [0.05, 0.1) is 42.0 Å². The van der Waals surface area contributed by atoms with Gasteiger partial charge in [-0.05, 0) is 46.5 Å². The van der Waals surface area contributed by atoms with E-state index in [9.17, 15) is 14.4 Å². The van der Waals surface area contributed by atoms with E-state index < -0.39 is 6.04 Å². The van der Waals surface area contributed by atoms with E-state index in [0.29, 0.717) is 76.2 Å². The van der Waals surface area contributed by atoms with Gasteiger partial charge in [-0.3, -0.25) is 24.2 Å². The molecule has 0 saturated carbocycles. The number of aromatic nitrogens is 4. The quantitative estimate of drug-likeness (QED) is 0.118. The van der Waals surface area contributed by atoms with Crippen LogP contribution in [-0.4, -0.2) is 116 Å². The van der Waals surface area contributed by atoms with Crippen molar-refractivity contribution in [3.63, 3.8) is 0 Å². The van der Waals surface area contributed by atoms with Gasteiger partial charge in [-0.25, -0.2) is 9.97 Å². The highest BCUT2D eigenvalue weighted by Crippen LogP contribution is 2.16. The smallest absolute Gasteiger partial charge is 0.244 e. The lowest BCUT2D eigenvalue weighted by Crippen LogP contribution is -2.60. The first-order chi connectivity index (χ1) is 33.3. The molecule has 68 heavy (non-hydrogen) atoms. The van der Waals surface area contributed by atoms with Crippen LogP contribution < -0.4 is 16.0 Å². The molecule has 15 heteroatoms. The van der Waals surface area contributed by atoms with Crippen LogP contribution in [0.4, 0.5) is 0 Å². The van der Waals surface area contributed by atoms with Crippen LogP contribution in [0.2, 0.25) is 0 Å². The summed E-state index contributed by atoms with van der Waals surface area (Å²) < 4.78 is 4.12. The molecule has 2 fully saturated rings. The van der Waals surface area contributed by atoms with Gasteiger partial charge in [0.1, 0.15) is 6.04 Å². The SMILES string of the molecule is CCC(=O)N1CCN(Cc2ccccc2)C[C@@H]1C(=O)NCCc1cncn1Cc1ccc(C#N)cc1.N#Cc1ccc(Cn2cncc2CCNC(=O)[C@H]2CN(Cc3ccccc3)CCN2)cc1. The summed E-state index contributed by atoms with van der Waals surface area (Å²) in [6.45, 7) is 10.1. The lowest BCUT2D eigenvalue weighted by atomic mass is 10.1. The van der Waals surface area contributed by atoms with Crippen molar-refractivity contribution in [3.8, 4) is 12.1 Å². The van der Waals surface area contributed by atoms with E-state index in [2.05, 4.69) is 76.7 Å². The summed E-state index contributed by atoms with van der Waals surface area (Å²) in [5.41, 5.74) is 8.01. The van der Waals surface area contributed by atoms with Crippen LogP contribution in [0, 0.1) is 22.7 Å². The van der Waals surface area contributed by atoms with E-state index in [0.717, 1.165) is 55.2 Å². The van der Waals surface area contributed by atoms with Crippen molar-refractivity contribution in [3.05, 3.63) is 179 Å². The Morgan fingerprint density at radius 3 is 1.60 bits per heavy atom. The second-order valence-corrected chi connectivity index (χ2v) is 17.1. The number of benzene rings is 4. The van der Waals surface area contributed by atoms with Gasteiger partial charge in [0.25, 0.3) is 0 Å². The van der Waals surface area contributed by atoms with Gasteiger partial charge in [0.2, 0.25) is 17.7 Å². The monoisotopic (exact) mass is 912 g/mol. The second-order valence-electron chi connectivity index (χ2n) is 17.1. The fraction of sp³-hybridized carbons (Fsp3) is 0.340. The molecule has 15 nitrogen and oxygen atoms in total. The summed E-state index contributed by atoms with van der Waals surface area (Å²) >= 11 is 0. The summed E-state index contributed by atoms with van der Waals surface area (Å²) in [5, 5.41) is 27.4. The third kappa shape index (κ3) is 14.0. The first-order valence-electron chi connectivity index (χ1n) is 23.4. The maximum absolute atomic E-state index is 13.2. The fourth-order valence-electron chi connectivity index (χ4n) is 8.55. The Hall–Kier alpha value is -7.43. The molecule has 4 aromatic carbocycles. The number of carbonyl (C=O) groups is 3. The zero-order valence-electron chi connectivity index (χ0n) is 38.7. The average molecular weight is 913 g/mol. The molecule has 2 atom stereocenters. The van der Waals surface area contributed by atoms with Crippen LogP contribution in [0.3, 0.4) is 0 Å². The number of hydrogen-bond donors (Lipinski definition) is 3. The zero-order chi connectivity index (χ0) is 47.5. The summed E-state index contributed by atoms with van der Waals surface area (Å²) in [6, 6.07) is 39.2. The number of amides is 3. The van der Waals surface area contributed by atoms with Crippen LogP contribution in [0.1, 0.15) is 58.1 Å². The van der Waals surface area contributed by atoms with Crippen LogP contribution in [0.5, 0.6) is 0 Å². The standard InChI is InChI=1S/C28H32N6O2.C25H28N6O/c1-2-27(35)34-15-14-32(18-23-6-4-3-5-7-23)20-26(34)28(36)31-13-12-25-17-30-21-33(25)19-24-10-8-22(16-29)9-11-24;26-14-20-6-8-22(9-7-20)17-31-19-27-15-23(31)10-11-29-25(32)24-18-30(13-12-28-24)16-21-4-2-1-3-5-21/h3-11,17,21,26H,2,12-15,18-20H2,1H3,(H,31,36);1-9,15,19,24,28H,10-13,16-18H2,(H,29,32)/t26-;24-/m11/s1. The first kappa shape index (κ1) is 48.5. The average Bonchev–Trinajstić information content (AvgIpc) is 4.03. The molecule has 2 aromatic heterocycles. The number of carbonyl (C=O) groups excluding carboxylic acids is 3. The van der Waals surface area contributed by atoms with Crippen molar-refractivity contribution in [1.82, 2.24) is 49.8 Å². The molecule has 6 aromatic rings. The molecular formula is C53H60N12O3. The molecule has 2 saturated heterocycles. The molecule has 3 N–H and O–H groups in total. The normalized spacial score (nSPS) is 16.1. The number of nitrogens with zero attached hydrogens (tertiary/aromatic N) is 9. The van der Waals surface area contributed by atoms with Crippen LogP contribution in [0.25, 0.3) is 0 Å². The van der Waals surface area contributed by atoms with E-state index in [-0.39, 0.29) is 23.8 Å². The Morgan fingerprint density at radius 1 is 0.618 bits per heavy atom. The Labute approximate surface area is 399 Å². The van der Waals surface area contributed by atoms with Crippen molar-refractivity contribution >= 4 is 17.7 Å². The van der Waals surface area contributed by atoms with Crippen LogP contribution >= 0.6 is 0 Å². The lowest BCUT2D eigenvalue weighted by molar-refractivity contribution is -0.143. The van der Waals surface area contributed by atoms with Gasteiger partial charge in [0.15, 0.2) is 0 Å². The number of rotatable bonds is 17. The molecule has 0 aliphatic carbocycles. The minimum absolute atomic E-state index is 0.00926. The van der Waals surface area contributed by atoms with E-state index in [1.165, 1.54) is 11.1 Å².